The van der Waals surface area contributed by atoms with E-state index in [0.717, 1.165) is 5.56 Å². The van der Waals surface area contributed by atoms with Crippen LogP contribution in [0.4, 0.5) is 0 Å². The lowest BCUT2D eigenvalue weighted by atomic mass is 10.0. The van der Waals surface area contributed by atoms with Crippen LogP contribution in [-0.4, -0.2) is 61.6 Å². The van der Waals surface area contributed by atoms with E-state index < -0.39 is 10.2 Å². The molecule has 0 radical (unpaired) electrons. The summed E-state index contributed by atoms with van der Waals surface area (Å²) in [5.41, 5.74) is 0.897. The van der Waals surface area contributed by atoms with Gasteiger partial charge in [-0.3, -0.25) is 4.79 Å². The van der Waals surface area contributed by atoms with Gasteiger partial charge in [0.2, 0.25) is 5.91 Å². The van der Waals surface area contributed by atoms with Gasteiger partial charge >= 0.3 is 0 Å². The number of rotatable bonds is 3. The molecular weight excluding hydrogens is 290 g/mol. The minimum atomic E-state index is -3.52. The van der Waals surface area contributed by atoms with E-state index in [1.54, 1.807) is 4.90 Å². The van der Waals surface area contributed by atoms with Crippen molar-refractivity contribution >= 4 is 16.1 Å². The van der Waals surface area contributed by atoms with Crippen LogP contribution in [0.2, 0.25) is 0 Å². The van der Waals surface area contributed by atoms with Crippen molar-refractivity contribution in [3.8, 4) is 0 Å². The molecular formula is C14H21N3O3S. The Kier molecular flexibility index (Phi) is 4.65. The fourth-order valence-electron chi connectivity index (χ4n) is 2.48. The van der Waals surface area contributed by atoms with Crippen molar-refractivity contribution < 1.29 is 13.2 Å². The van der Waals surface area contributed by atoms with E-state index in [0.29, 0.717) is 19.6 Å². The number of hydrogen-bond acceptors (Lipinski definition) is 3. The zero-order chi connectivity index (χ0) is 15.6. The molecule has 1 heterocycles. The standard InChI is InChI=1S/C14H21N3O3S/c1-12(18)16-9-10-17(21(19,20)15(2)3)14(11-16)13-7-5-4-6-8-13/h4-8,14H,9-11H2,1-3H3/t14-/m0/s1. The van der Waals surface area contributed by atoms with Crippen LogP contribution in [0.5, 0.6) is 0 Å². The van der Waals surface area contributed by atoms with E-state index in [-0.39, 0.29) is 11.9 Å². The number of amides is 1. The average molecular weight is 311 g/mol. The third-order valence-corrected chi connectivity index (χ3v) is 5.67. The topological polar surface area (TPSA) is 60.9 Å². The molecule has 1 aromatic rings. The van der Waals surface area contributed by atoms with Crippen molar-refractivity contribution in [3.63, 3.8) is 0 Å². The fourth-order valence-corrected chi connectivity index (χ4v) is 3.73. The number of carbonyl (C=O) groups excluding carboxylic acids is 1. The van der Waals surface area contributed by atoms with Gasteiger partial charge in [0.1, 0.15) is 0 Å². The second-order valence-corrected chi connectivity index (χ2v) is 7.39. The Labute approximate surface area is 126 Å². The summed E-state index contributed by atoms with van der Waals surface area (Å²) < 4.78 is 27.7. The van der Waals surface area contributed by atoms with Gasteiger partial charge in [-0.2, -0.15) is 17.0 Å². The summed E-state index contributed by atoms with van der Waals surface area (Å²) in [7, 11) is -0.473. The van der Waals surface area contributed by atoms with Crippen LogP contribution in [0.1, 0.15) is 18.5 Å². The second kappa shape index (κ2) is 6.13. The maximum atomic E-state index is 12.5. The molecule has 1 aliphatic heterocycles. The lowest BCUT2D eigenvalue weighted by molar-refractivity contribution is -0.131. The molecule has 0 aromatic heterocycles. The highest BCUT2D eigenvalue weighted by Gasteiger charge is 2.37. The number of nitrogens with zero attached hydrogens (tertiary/aromatic N) is 3. The molecule has 0 aliphatic carbocycles. The number of carbonyl (C=O) groups is 1. The number of piperazine rings is 1. The molecule has 0 bridgehead atoms. The van der Waals surface area contributed by atoms with Crippen LogP contribution in [0.15, 0.2) is 30.3 Å². The van der Waals surface area contributed by atoms with Crippen LogP contribution in [-0.2, 0) is 15.0 Å². The second-order valence-electron chi connectivity index (χ2n) is 5.29. The average Bonchev–Trinajstić information content (AvgIpc) is 2.47. The van der Waals surface area contributed by atoms with Gasteiger partial charge in [-0.05, 0) is 5.56 Å². The molecule has 1 saturated heterocycles. The van der Waals surface area contributed by atoms with Gasteiger partial charge in [0.25, 0.3) is 10.2 Å². The quantitative estimate of drug-likeness (QED) is 0.825. The lowest BCUT2D eigenvalue weighted by Gasteiger charge is -2.41. The van der Waals surface area contributed by atoms with Crippen molar-refractivity contribution in [3.05, 3.63) is 35.9 Å². The molecule has 7 heteroatoms. The van der Waals surface area contributed by atoms with E-state index in [9.17, 15) is 13.2 Å². The molecule has 1 fully saturated rings. The first-order valence-corrected chi connectivity index (χ1v) is 8.23. The zero-order valence-electron chi connectivity index (χ0n) is 12.6. The molecule has 0 spiro atoms. The SMILES string of the molecule is CC(=O)N1CCN(S(=O)(=O)N(C)C)[C@H](c2ccccc2)C1. The molecule has 116 valence electrons. The largest absolute Gasteiger partial charge is 0.340 e. The maximum absolute atomic E-state index is 12.5. The van der Waals surface area contributed by atoms with Crippen LogP contribution >= 0.6 is 0 Å². The van der Waals surface area contributed by atoms with Crippen molar-refractivity contribution in [1.82, 2.24) is 13.5 Å². The molecule has 1 aromatic carbocycles. The predicted octanol–water partition coefficient (Wildman–Crippen LogP) is 0.698. The molecule has 0 unspecified atom stereocenters. The molecule has 2 rings (SSSR count). The van der Waals surface area contributed by atoms with E-state index in [4.69, 9.17) is 0 Å². The van der Waals surface area contributed by atoms with E-state index in [2.05, 4.69) is 0 Å². The van der Waals surface area contributed by atoms with Crippen LogP contribution < -0.4 is 0 Å². The third-order valence-electron chi connectivity index (χ3n) is 3.72. The van der Waals surface area contributed by atoms with Gasteiger partial charge in [-0.25, -0.2) is 0 Å². The van der Waals surface area contributed by atoms with Gasteiger partial charge in [0.15, 0.2) is 0 Å². The molecule has 1 atom stereocenters. The summed E-state index contributed by atoms with van der Waals surface area (Å²) >= 11 is 0. The van der Waals surface area contributed by atoms with Crippen molar-refractivity contribution in [2.75, 3.05) is 33.7 Å². The summed E-state index contributed by atoms with van der Waals surface area (Å²) in [4.78, 5) is 13.3. The Morgan fingerprint density at radius 2 is 1.81 bits per heavy atom. The van der Waals surface area contributed by atoms with Crippen LogP contribution in [0, 0.1) is 0 Å². The molecule has 1 amide bonds. The highest BCUT2D eigenvalue weighted by molar-refractivity contribution is 7.86. The van der Waals surface area contributed by atoms with E-state index in [1.165, 1.54) is 29.6 Å². The summed E-state index contributed by atoms with van der Waals surface area (Å²) in [6.07, 6.45) is 0. The van der Waals surface area contributed by atoms with Crippen LogP contribution in [0.3, 0.4) is 0 Å². The number of hydrogen-bond donors (Lipinski definition) is 0. The Bertz CT molecular complexity index is 601. The fraction of sp³-hybridized carbons (Fsp3) is 0.500. The molecule has 0 N–H and O–H groups in total. The highest BCUT2D eigenvalue weighted by atomic mass is 32.2. The third kappa shape index (κ3) is 3.25. The first-order valence-electron chi connectivity index (χ1n) is 6.84. The minimum absolute atomic E-state index is 0.0298. The Hall–Kier alpha value is -1.44. The van der Waals surface area contributed by atoms with Crippen molar-refractivity contribution in [2.24, 2.45) is 0 Å². The lowest BCUT2D eigenvalue weighted by Crippen LogP contribution is -2.54. The Morgan fingerprint density at radius 3 is 2.33 bits per heavy atom. The molecule has 0 saturated carbocycles. The summed E-state index contributed by atoms with van der Waals surface area (Å²) in [6, 6.07) is 9.08. The summed E-state index contributed by atoms with van der Waals surface area (Å²) in [5.74, 6) is -0.0298. The Morgan fingerprint density at radius 1 is 1.19 bits per heavy atom. The number of benzene rings is 1. The van der Waals surface area contributed by atoms with Crippen molar-refractivity contribution in [2.45, 2.75) is 13.0 Å². The zero-order valence-corrected chi connectivity index (χ0v) is 13.4. The van der Waals surface area contributed by atoms with Crippen molar-refractivity contribution in [1.29, 1.82) is 0 Å². The smallest absolute Gasteiger partial charge is 0.282 e. The van der Waals surface area contributed by atoms with Gasteiger partial charge in [0, 0.05) is 40.7 Å². The van der Waals surface area contributed by atoms with Gasteiger partial charge in [-0.15, -0.1) is 0 Å². The van der Waals surface area contributed by atoms with Gasteiger partial charge in [-0.1, -0.05) is 30.3 Å². The first-order chi connectivity index (χ1) is 9.84. The molecule has 21 heavy (non-hydrogen) atoms. The van der Waals surface area contributed by atoms with E-state index >= 15 is 0 Å². The molecule has 1 aliphatic rings. The van der Waals surface area contributed by atoms with Crippen LogP contribution in [0.25, 0.3) is 0 Å². The monoisotopic (exact) mass is 311 g/mol. The normalized spacial score (nSPS) is 20.8. The maximum Gasteiger partial charge on any atom is 0.282 e. The molecule has 6 nitrogen and oxygen atoms in total. The predicted molar refractivity (Wildman–Crippen MR) is 80.7 cm³/mol. The van der Waals surface area contributed by atoms with Gasteiger partial charge in [0.05, 0.1) is 6.04 Å². The minimum Gasteiger partial charge on any atom is -0.340 e. The highest BCUT2D eigenvalue weighted by Crippen LogP contribution is 2.28. The van der Waals surface area contributed by atoms with Gasteiger partial charge < -0.3 is 4.90 Å². The van der Waals surface area contributed by atoms with E-state index in [1.807, 2.05) is 30.3 Å². The Balaban J connectivity index is 2.38. The first kappa shape index (κ1) is 15.9. The summed E-state index contributed by atoms with van der Waals surface area (Å²) in [5, 5.41) is 0. The summed E-state index contributed by atoms with van der Waals surface area (Å²) in [6.45, 7) is 2.62.